The molecule has 0 unspecified atom stereocenters. The summed E-state index contributed by atoms with van der Waals surface area (Å²) < 4.78 is 6.49. The van der Waals surface area contributed by atoms with Crippen molar-refractivity contribution in [1.29, 1.82) is 0 Å². The van der Waals surface area contributed by atoms with Crippen LogP contribution in [0, 0.1) is 10.1 Å². The first-order valence-electron chi connectivity index (χ1n) is 6.53. The molecule has 0 radical (unpaired) electrons. The molecule has 8 heteroatoms. The molecule has 0 aliphatic carbocycles. The zero-order chi connectivity index (χ0) is 15.5. The largest absolute Gasteiger partial charge is 0.481 e. The van der Waals surface area contributed by atoms with Crippen LogP contribution >= 0.6 is 0 Å². The monoisotopic (exact) mass is 299 g/mol. The van der Waals surface area contributed by atoms with Gasteiger partial charge in [0.2, 0.25) is 17.3 Å². The molecule has 0 saturated heterocycles. The number of ether oxygens (including phenoxy) is 1. The third kappa shape index (κ3) is 2.53. The van der Waals surface area contributed by atoms with E-state index in [0.29, 0.717) is 18.1 Å². The second kappa shape index (κ2) is 5.68. The Hall–Kier alpha value is -3.16. The van der Waals surface area contributed by atoms with Gasteiger partial charge in [-0.1, -0.05) is 6.07 Å². The third-order valence-electron chi connectivity index (χ3n) is 3.15. The molecule has 0 saturated carbocycles. The number of nitrogens with zero attached hydrogens (tertiary/aromatic N) is 4. The van der Waals surface area contributed by atoms with Crippen molar-refractivity contribution in [3.63, 3.8) is 0 Å². The molecule has 0 fully saturated rings. The average Bonchev–Trinajstić information content (AvgIpc) is 2.91. The summed E-state index contributed by atoms with van der Waals surface area (Å²) in [5, 5.41) is 14.3. The van der Waals surface area contributed by atoms with Crippen LogP contribution in [0.2, 0.25) is 0 Å². The van der Waals surface area contributed by atoms with E-state index in [2.05, 4.69) is 15.3 Å². The quantitative estimate of drug-likeness (QED) is 0.573. The van der Waals surface area contributed by atoms with Gasteiger partial charge in [-0.25, -0.2) is 4.98 Å². The predicted octanol–water partition coefficient (Wildman–Crippen LogP) is 2.26. The molecule has 0 spiro atoms. The number of anilines is 1. The number of imidazole rings is 1. The minimum absolute atomic E-state index is 0.0865. The number of methoxy groups -OCH3 is 1. The fraction of sp³-hybridized carbons (Fsp3) is 0.143. The van der Waals surface area contributed by atoms with Gasteiger partial charge >= 0.3 is 5.82 Å². The number of hydrogen-bond acceptors (Lipinski definition) is 6. The number of pyridine rings is 2. The Labute approximate surface area is 125 Å². The van der Waals surface area contributed by atoms with E-state index in [9.17, 15) is 10.1 Å². The fourth-order valence-corrected chi connectivity index (χ4v) is 2.13. The molecule has 1 N–H and O–H groups in total. The van der Waals surface area contributed by atoms with Crippen molar-refractivity contribution in [2.24, 2.45) is 0 Å². The van der Waals surface area contributed by atoms with Gasteiger partial charge in [0.1, 0.15) is 0 Å². The molecule has 0 bridgehead atoms. The maximum atomic E-state index is 11.3. The summed E-state index contributed by atoms with van der Waals surface area (Å²) in [4.78, 5) is 19.1. The van der Waals surface area contributed by atoms with Gasteiger partial charge in [0, 0.05) is 24.9 Å². The molecule has 0 aliphatic heterocycles. The molecule has 22 heavy (non-hydrogen) atoms. The Morgan fingerprint density at radius 1 is 1.41 bits per heavy atom. The Balaban J connectivity index is 1.90. The normalized spacial score (nSPS) is 10.6. The van der Waals surface area contributed by atoms with Crippen LogP contribution in [0.4, 0.5) is 11.6 Å². The predicted molar refractivity (Wildman–Crippen MR) is 80.0 cm³/mol. The van der Waals surface area contributed by atoms with Crippen LogP contribution in [0.15, 0.2) is 42.7 Å². The topological polar surface area (TPSA) is 94.6 Å². The number of hydrogen-bond donors (Lipinski definition) is 1. The van der Waals surface area contributed by atoms with Crippen LogP contribution in [0.3, 0.4) is 0 Å². The van der Waals surface area contributed by atoms with Crippen molar-refractivity contribution in [3.8, 4) is 5.88 Å². The number of aromatic nitrogens is 3. The number of nitro groups is 1. The number of rotatable bonds is 5. The highest BCUT2D eigenvalue weighted by Crippen LogP contribution is 2.25. The van der Waals surface area contributed by atoms with Crippen molar-refractivity contribution in [1.82, 2.24) is 14.4 Å². The number of nitrogens with one attached hydrogen (secondary N) is 1. The van der Waals surface area contributed by atoms with Crippen molar-refractivity contribution in [2.75, 3.05) is 12.4 Å². The van der Waals surface area contributed by atoms with Crippen LogP contribution in [-0.2, 0) is 6.54 Å². The van der Waals surface area contributed by atoms with Crippen LogP contribution in [0.1, 0.15) is 5.56 Å². The highest BCUT2D eigenvalue weighted by Gasteiger charge is 2.21. The Kier molecular flexibility index (Phi) is 3.57. The van der Waals surface area contributed by atoms with Gasteiger partial charge in [0.25, 0.3) is 0 Å². The lowest BCUT2D eigenvalue weighted by molar-refractivity contribution is -0.389. The van der Waals surface area contributed by atoms with Crippen molar-refractivity contribution in [2.45, 2.75) is 6.54 Å². The minimum atomic E-state index is -0.449. The molecule has 3 heterocycles. The molecule has 0 aromatic carbocycles. The van der Waals surface area contributed by atoms with Crippen LogP contribution in [-0.4, -0.2) is 26.4 Å². The zero-order valence-electron chi connectivity index (χ0n) is 11.8. The zero-order valence-corrected chi connectivity index (χ0v) is 11.8. The lowest BCUT2D eigenvalue weighted by atomic mass is 10.2. The van der Waals surface area contributed by atoms with Crippen molar-refractivity contribution < 1.29 is 9.66 Å². The third-order valence-corrected chi connectivity index (χ3v) is 3.15. The van der Waals surface area contributed by atoms with Gasteiger partial charge in [-0.15, -0.1) is 0 Å². The summed E-state index contributed by atoms with van der Waals surface area (Å²) in [7, 11) is 1.53. The summed E-state index contributed by atoms with van der Waals surface area (Å²) in [6.07, 6.45) is 3.23. The van der Waals surface area contributed by atoms with E-state index in [1.54, 1.807) is 42.7 Å². The van der Waals surface area contributed by atoms with Crippen LogP contribution in [0.25, 0.3) is 5.65 Å². The van der Waals surface area contributed by atoms with E-state index in [0.717, 1.165) is 5.56 Å². The second-order valence-corrected chi connectivity index (χ2v) is 4.53. The van der Waals surface area contributed by atoms with Gasteiger partial charge < -0.3 is 20.2 Å². The SMILES string of the molecule is COc1cc(CNc2nc3ccccn3c2[N+](=O)[O-])ccn1. The first-order valence-corrected chi connectivity index (χ1v) is 6.53. The molecule has 0 amide bonds. The summed E-state index contributed by atoms with van der Waals surface area (Å²) >= 11 is 0. The number of fused-ring (bicyclic) bond motifs is 1. The van der Waals surface area contributed by atoms with Gasteiger partial charge in [-0.3, -0.25) is 0 Å². The molecule has 8 nitrogen and oxygen atoms in total. The van der Waals surface area contributed by atoms with Crippen LogP contribution < -0.4 is 10.1 Å². The molecular weight excluding hydrogens is 286 g/mol. The molecule has 0 atom stereocenters. The van der Waals surface area contributed by atoms with Crippen molar-refractivity contribution >= 4 is 17.3 Å². The lowest BCUT2D eigenvalue weighted by Gasteiger charge is -2.05. The van der Waals surface area contributed by atoms with E-state index in [1.807, 2.05) is 0 Å². The van der Waals surface area contributed by atoms with E-state index in [1.165, 1.54) is 11.5 Å². The molecule has 0 aliphatic rings. The van der Waals surface area contributed by atoms with Gasteiger partial charge in [-0.05, 0) is 22.6 Å². The summed E-state index contributed by atoms with van der Waals surface area (Å²) in [6.45, 7) is 0.379. The second-order valence-electron chi connectivity index (χ2n) is 4.53. The van der Waals surface area contributed by atoms with Gasteiger partial charge in [0.05, 0.1) is 13.3 Å². The summed E-state index contributed by atoms with van der Waals surface area (Å²) in [6, 6.07) is 8.78. The first kappa shape index (κ1) is 13.8. The molecule has 3 aromatic rings. The maximum absolute atomic E-state index is 11.3. The molecule has 112 valence electrons. The molecular formula is C14H13N5O3. The van der Waals surface area contributed by atoms with E-state index >= 15 is 0 Å². The van der Waals surface area contributed by atoms with Gasteiger partial charge in [-0.2, -0.15) is 9.38 Å². The summed E-state index contributed by atoms with van der Waals surface area (Å²) in [5.74, 6) is 0.632. The van der Waals surface area contributed by atoms with Gasteiger partial charge in [0.15, 0.2) is 0 Å². The average molecular weight is 299 g/mol. The van der Waals surface area contributed by atoms with E-state index in [4.69, 9.17) is 4.74 Å². The maximum Gasteiger partial charge on any atom is 0.372 e. The van der Waals surface area contributed by atoms with E-state index < -0.39 is 4.92 Å². The first-order chi connectivity index (χ1) is 10.7. The van der Waals surface area contributed by atoms with Crippen molar-refractivity contribution in [3.05, 3.63) is 58.4 Å². The Morgan fingerprint density at radius 3 is 3.05 bits per heavy atom. The Morgan fingerprint density at radius 2 is 2.27 bits per heavy atom. The molecule has 3 rings (SSSR count). The standard InChI is InChI=1S/C14H13N5O3/c1-22-12-8-10(5-6-15-12)9-16-13-14(19(20)21)18-7-3-2-4-11(18)17-13/h2-8,16H,9H2,1H3. The minimum Gasteiger partial charge on any atom is -0.481 e. The lowest BCUT2D eigenvalue weighted by Crippen LogP contribution is -2.03. The molecule has 3 aromatic heterocycles. The fourth-order valence-electron chi connectivity index (χ4n) is 2.13. The smallest absolute Gasteiger partial charge is 0.372 e. The van der Waals surface area contributed by atoms with E-state index in [-0.39, 0.29) is 11.6 Å². The Bertz CT molecular complexity index is 830. The highest BCUT2D eigenvalue weighted by molar-refractivity contribution is 5.62. The van der Waals surface area contributed by atoms with Crippen LogP contribution in [0.5, 0.6) is 5.88 Å². The summed E-state index contributed by atoms with van der Waals surface area (Å²) in [5.41, 5.74) is 1.40. The highest BCUT2D eigenvalue weighted by atomic mass is 16.6.